The number of aryl methyl sites for hydroxylation is 2. The van der Waals surface area contributed by atoms with Gasteiger partial charge in [0.05, 0.1) is 11.8 Å². The van der Waals surface area contributed by atoms with Crippen LogP contribution in [0.2, 0.25) is 5.02 Å². The Hall–Kier alpha value is -2.54. The first-order chi connectivity index (χ1) is 12.2. The van der Waals surface area contributed by atoms with Crippen LogP contribution < -0.4 is 10.2 Å². The third-order valence-corrected chi connectivity index (χ3v) is 3.99. The third-order valence-electron chi connectivity index (χ3n) is 3.40. The smallest absolute Gasteiger partial charge is 0.416 e. The van der Waals surface area contributed by atoms with Crippen LogP contribution in [0.3, 0.4) is 0 Å². The van der Waals surface area contributed by atoms with Crippen molar-refractivity contribution in [1.29, 1.82) is 0 Å². The molecular weight excluding hydrogens is 369 g/mol. The Morgan fingerprint density at radius 2 is 1.88 bits per heavy atom. The first-order valence-electron chi connectivity index (χ1n) is 7.55. The van der Waals surface area contributed by atoms with Crippen LogP contribution in [-0.2, 0) is 11.0 Å². The summed E-state index contributed by atoms with van der Waals surface area (Å²) in [4.78, 5) is 11.7. The molecule has 8 heteroatoms. The van der Waals surface area contributed by atoms with Crippen molar-refractivity contribution >= 4 is 23.7 Å². The number of carbonyl (C=O) groups excluding carboxylic acids is 1. The molecule has 0 unspecified atom stereocenters. The van der Waals surface area contributed by atoms with Gasteiger partial charge < -0.3 is 4.74 Å². The summed E-state index contributed by atoms with van der Waals surface area (Å²) in [6.45, 7) is 3.35. The Morgan fingerprint density at radius 3 is 2.50 bits per heavy atom. The van der Waals surface area contributed by atoms with Crippen LogP contribution in [0, 0.1) is 13.8 Å². The van der Waals surface area contributed by atoms with Crippen LogP contribution in [-0.4, -0.2) is 18.7 Å². The van der Waals surface area contributed by atoms with E-state index in [1.165, 1.54) is 12.1 Å². The monoisotopic (exact) mass is 384 g/mol. The Balaban J connectivity index is 1.90. The van der Waals surface area contributed by atoms with Gasteiger partial charge in [-0.2, -0.15) is 18.3 Å². The number of hydrazone groups is 1. The first kappa shape index (κ1) is 19.8. The molecule has 1 amide bonds. The summed E-state index contributed by atoms with van der Waals surface area (Å²) >= 11 is 6.05. The van der Waals surface area contributed by atoms with Crippen molar-refractivity contribution < 1.29 is 22.7 Å². The fourth-order valence-electron chi connectivity index (χ4n) is 2.14. The molecule has 0 aliphatic carbocycles. The number of nitrogens with one attached hydrogen (secondary N) is 1. The molecule has 26 heavy (non-hydrogen) atoms. The average Bonchev–Trinajstić information content (AvgIpc) is 2.57. The molecule has 0 aromatic heterocycles. The van der Waals surface area contributed by atoms with Gasteiger partial charge in [-0.25, -0.2) is 5.43 Å². The lowest BCUT2D eigenvalue weighted by Crippen LogP contribution is -2.24. The largest absolute Gasteiger partial charge is 0.484 e. The predicted molar refractivity (Wildman–Crippen MR) is 93.6 cm³/mol. The molecule has 0 saturated carbocycles. The summed E-state index contributed by atoms with van der Waals surface area (Å²) in [5.74, 6) is -0.0557. The summed E-state index contributed by atoms with van der Waals surface area (Å²) < 4.78 is 43.2. The van der Waals surface area contributed by atoms with Crippen molar-refractivity contribution in [3.05, 3.63) is 63.7 Å². The van der Waals surface area contributed by atoms with Crippen LogP contribution in [0.1, 0.15) is 22.3 Å². The number of ether oxygens (including phenoxy) is 1. The van der Waals surface area contributed by atoms with Crippen molar-refractivity contribution in [3.8, 4) is 5.75 Å². The van der Waals surface area contributed by atoms with Gasteiger partial charge in [0.2, 0.25) is 0 Å². The molecule has 0 aliphatic rings. The van der Waals surface area contributed by atoms with E-state index in [4.69, 9.17) is 16.3 Å². The van der Waals surface area contributed by atoms with Crippen molar-refractivity contribution in [3.63, 3.8) is 0 Å². The lowest BCUT2D eigenvalue weighted by Gasteiger charge is -2.09. The molecule has 4 nitrogen and oxygen atoms in total. The molecular formula is C18H16ClF3N2O2. The van der Waals surface area contributed by atoms with Gasteiger partial charge in [0.25, 0.3) is 5.91 Å². The summed E-state index contributed by atoms with van der Waals surface area (Å²) in [5, 5.41) is 4.27. The van der Waals surface area contributed by atoms with Gasteiger partial charge in [-0.3, -0.25) is 4.79 Å². The Bertz CT molecular complexity index is 812. The first-order valence-corrected chi connectivity index (χ1v) is 7.93. The van der Waals surface area contributed by atoms with Gasteiger partial charge in [-0.1, -0.05) is 23.7 Å². The highest BCUT2D eigenvalue weighted by Gasteiger charge is 2.30. The van der Waals surface area contributed by atoms with Gasteiger partial charge in [0.1, 0.15) is 5.75 Å². The molecule has 138 valence electrons. The maximum atomic E-state index is 12.6. The van der Waals surface area contributed by atoms with Crippen LogP contribution >= 0.6 is 11.6 Å². The number of alkyl halides is 3. The van der Waals surface area contributed by atoms with Crippen molar-refractivity contribution in [2.75, 3.05) is 6.61 Å². The van der Waals surface area contributed by atoms with Gasteiger partial charge in [0, 0.05) is 5.02 Å². The van der Waals surface area contributed by atoms with Crippen LogP contribution in [0.4, 0.5) is 13.2 Å². The van der Waals surface area contributed by atoms with E-state index in [1.807, 2.05) is 13.8 Å². The minimum absolute atomic E-state index is 0.213. The Kier molecular flexibility index (Phi) is 6.26. The summed E-state index contributed by atoms with van der Waals surface area (Å²) in [5.41, 5.74) is 3.27. The van der Waals surface area contributed by atoms with E-state index in [0.29, 0.717) is 10.8 Å². The van der Waals surface area contributed by atoms with Crippen molar-refractivity contribution in [2.24, 2.45) is 5.10 Å². The number of benzene rings is 2. The number of hydrogen-bond acceptors (Lipinski definition) is 3. The molecule has 0 atom stereocenters. The molecule has 2 aromatic rings. The second-order valence-electron chi connectivity index (χ2n) is 5.58. The summed E-state index contributed by atoms with van der Waals surface area (Å²) in [6.07, 6.45) is -3.31. The summed E-state index contributed by atoms with van der Waals surface area (Å²) in [6, 6.07) is 8.01. The maximum absolute atomic E-state index is 12.6. The normalized spacial score (nSPS) is 11.6. The van der Waals surface area contributed by atoms with Gasteiger partial charge in [-0.05, 0) is 54.8 Å². The zero-order valence-electron chi connectivity index (χ0n) is 14.0. The highest BCUT2D eigenvalue weighted by atomic mass is 35.5. The van der Waals surface area contributed by atoms with Crippen molar-refractivity contribution in [2.45, 2.75) is 20.0 Å². The zero-order chi connectivity index (χ0) is 19.3. The van der Waals surface area contributed by atoms with E-state index < -0.39 is 17.6 Å². The van der Waals surface area contributed by atoms with Crippen LogP contribution in [0.15, 0.2) is 41.5 Å². The lowest BCUT2D eigenvalue weighted by atomic mass is 10.1. The molecule has 0 fully saturated rings. The van der Waals surface area contributed by atoms with E-state index in [9.17, 15) is 18.0 Å². The fourth-order valence-corrected chi connectivity index (χ4v) is 2.25. The molecule has 0 radical (unpaired) electrons. The summed E-state index contributed by atoms with van der Waals surface area (Å²) in [7, 11) is 0. The van der Waals surface area contributed by atoms with Crippen LogP contribution in [0.5, 0.6) is 5.75 Å². The molecule has 1 N–H and O–H groups in total. The highest BCUT2D eigenvalue weighted by Crippen LogP contribution is 2.29. The van der Waals surface area contributed by atoms with E-state index in [-0.39, 0.29) is 12.2 Å². The number of halogens is 4. The van der Waals surface area contributed by atoms with Crippen LogP contribution in [0.25, 0.3) is 0 Å². The molecule has 2 aromatic carbocycles. The maximum Gasteiger partial charge on any atom is 0.416 e. The molecule has 0 aliphatic heterocycles. The number of nitrogens with zero attached hydrogens (tertiary/aromatic N) is 1. The molecule has 0 bridgehead atoms. The minimum atomic E-state index is -4.43. The zero-order valence-corrected chi connectivity index (χ0v) is 14.8. The third kappa shape index (κ3) is 5.49. The second-order valence-corrected chi connectivity index (χ2v) is 5.95. The van der Waals surface area contributed by atoms with E-state index >= 15 is 0 Å². The quantitative estimate of drug-likeness (QED) is 0.609. The van der Waals surface area contributed by atoms with E-state index in [2.05, 4.69) is 10.5 Å². The number of amides is 1. The van der Waals surface area contributed by atoms with Gasteiger partial charge in [-0.15, -0.1) is 0 Å². The molecule has 2 rings (SSSR count). The fraction of sp³-hybridized carbons (Fsp3) is 0.222. The number of rotatable bonds is 5. The molecule has 0 spiro atoms. The van der Waals surface area contributed by atoms with Gasteiger partial charge >= 0.3 is 6.18 Å². The average molecular weight is 385 g/mol. The Morgan fingerprint density at radius 1 is 1.23 bits per heavy atom. The second kappa shape index (κ2) is 8.23. The van der Waals surface area contributed by atoms with E-state index in [0.717, 1.165) is 29.5 Å². The molecule has 0 saturated heterocycles. The van der Waals surface area contributed by atoms with E-state index in [1.54, 1.807) is 12.1 Å². The minimum Gasteiger partial charge on any atom is -0.484 e. The topological polar surface area (TPSA) is 50.7 Å². The standard InChI is InChI=1S/C18H16ClF3N2O2/c1-11-6-15(7-12(2)17(11)19)26-10-16(25)24-23-9-13-4-3-5-14(8-13)18(20,21)22/h3-9H,10H2,1-2H3,(H,24,25). The Labute approximate surface area is 153 Å². The lowest BCUT2D eigenvalue weighted by molar-refractivity contribution is -0.137. The molecule has 0 heterocycles. The number of carbonyl (C=O) groups is 1. The van der Waals surface area contributed by atoms with Crippen molar-refractivity contribution in [1.82, 2.24) is 5.43 Å². The predicted octanol–water partition coefficient (Wildman–Crippen LogP) is 4.50. The number of hydrogen-bond donors (Lipinski definition) is 1. The highest BCUT2D eigenvalue weighted by molar-refractivity contribution is 6.32. The SMILES string of the molecule is Cc1cc(OCC(=O)NN=Cc2cccc(C(F)(F)F)c2)cc(C)c1Cl. The van der Waals surface area contributed by atoms with Gasteiger partial charge in [0.15, 0.2) is 6.61 Å².